The highest BCUT2D eigenvalue weighted by Gasteiger charge is 2.28. The molecular formula is C13H15BrO3S. The molecule has 5 heteroatoms. The van der Waals surface area contributed by atoms with E-state index in [2.05, 4.69) is 22.9 Å². The monoisotopic (exact) mass is 330 g/mol. The number of thioether (sulfide) groups is 1. The van der Waals surface area contributed by atoms with Gasteiger partial charge in [-0.05, 0) is 22.0 Å². The van der Waals surface area contributed by atoms with Crippen molar-refractivity contribution in [2.45, 2.75) is 24.3 Å². The molecule has 1 aromatic rings. The van der Waals surface area contributed by atoms with Crippen molar-refractivity contribution in [2.75, 3.05) is 14.2 Å². The van der Waals surface area contributed by atoms with Crippen molar-refractivity contribution in [2.24, 2.45) is 0 Å². The number of Topliss-reactive ketones (excluding diaryl/α,β-unsaturated/α-hetero) is 1. The quantitative estimate of drug-likeness (QED) is 0.828. The summed E-state index contributed by atoms with van der Waals surface area (Å²) in [6, 6.07) is 1.86. The number of benzene rings is 1. The minimum atomic E-state index is 0.124. The average Bonchev–Trinajstić information content (AvgIpc) is 2.48. The van der Waals surface area contributed by atoms with Gasteiger partial charge in [0.2, 0.25) is 0 Å². The molecule has 0 saturated carbocycles. The van der Waals surface area contributed by atoms with E-state index in [0.717, 1.165) is 21.5 Å². The van der Waals surface area contributed by atoms with Crippen molar-refractivity contribution in [1.82, 2.24) is 0 Å². The summed E-state index contributed by atoms with van der Waals surface area (Å²) < 4.78 is 11.5. The van der Waals surface area contributed by atoms with Crippen molar-refractivity contribution in [3.8, 4) is 11.5 Å². The van der Waals surface area contributed by atoms with Crippen LogP contribution in [0.25, 0.3) is 0 Å². The third kappa shape index (κ3) is 2.38. The van der Waals surface area contributed by atoms with Gasteiger partial charge in [-0.3, -0.25) is 4.79 Å². The molecule has 98 valence electrons. The summed E-state index contributed by atoms with van der Waals surface area (Å²) in [5, 5.41) is 0.318. The first-order chi connectivity index (χ1) is 8.58. The topological polar surface area (TPSA) is 35.5 Å². The molecular weight excluding hydrogens is 316 g/mol. The van der Waals surface area contributed by atoms with E-state index in [4.69, 9.17) is 9.47 Å². The fraction of sp³-hybridized carbons (Fsp3) is 0.462. The lowest BCUT2D eigenvalue weighted by molar-refractivity contribution is 0.0980. The molecule has 1 unspecified atom stereocenters. The molecule has 0 radical (unpaired) electrons. The van der Waals surface area contributed by atoms with Crippen LogP contribution in [0.5, 0.6) is 11.5 Å². The lowest BCUT2D eigenvalue weighted by atomic mass is 9.99. The first kappa shape index (κ1) is 13.7. The fourth-order valence-corrected chi connectivity index (χ4v) is 3.69. The van der Waals surface area contributed by atoms with Crippen LogP contribution in [0.2, 0.25) is 0 Å². The molecule has 1 aliphatic rings. The molecule has 0 fully saturated rings. The van der Waals surface area contributed by atoms with E-state index in [9.17, 15) is 4.79 Å². The summed E-state index contributed by atoms with van der Waals surface area (Å²) >= 11 is 5.20. The fourth-order valence-electron chi connectivity index (χ4n) is 2.11. The standard InChI is InChI=1S/C13H15BrO3S/c1-7-4-10(15)12-8(6-18-7)11(16-2)5-9(14)13(12)17-3/h5,7H,4,6H2,1-3H3. The van der Waals surface area contributed by atoms with Crippen molar-refractivity contribution < 1.29 is 14.3 Å². The Morgan fingerprint density at radius 1 is 1.39 bits per heavy atom. The summed E-state index contributed by atoms with van der Waals surface area (Å²) in [5.74, 6) is 2.26. The third-order valence-electron chi connectivity index (χ3n) is 2.99. The SMILES string of the molecule is COc1cc(Br)c(OC)c2c1CSC(C)CC2=O. The Kier molecular flexibility index (Phi) is 4.22. The second-order valence-corrected chi connectivity index (χ2v) is 6.48. The molecule has 0 N–H and O–H groups in total. The van der Waals surface area contributed by atoms with Gasteiger partial charge in [-0.25, -0.2) is 0 Å². The van der Waals surface area contributed by atoms with Crippen LogP contribution in [0, 0.1) is 0 Å². The number of ether oxygens (including phenoxy) is 2. The molecule has 3 nitrogen and oxygen atoms in total. The Balaban J connectivity index is 2.67. The van der Waals surface area contributed by atoms with Crippen LogP contribution >= 0.6 is 27.7 Å². The van der Waals surface area contributed by atoms with Crippen LogP contribution in [0.3, 0.4) is 0 Å². The Morgan fingerprint density at radius 2 is 2.11 bits per heavy atom. The van der Waals surface area contributed by atoms with Gasteiger partial charge in [0.05, 0.1) is 24.3 Å². The summed E-state index contributed by atoms with van der Waals surface area (Å²) in [6.45, 7) is 2.07. The Labute approximate surface area is 119 Å². The Hall–Kier alpha value is -0.680. The molecule has 0 aromatic heterocycles. The predicted octanol–water partition coefficient (Wildman–Crippen LogP) is 3.67. The van der Waals surface area contributed by atoms with E-state index in [1.54, 1.807) is 26.0 Å². The van der Waals surface area contributed by atoms with Crippen LogP contribution < -0.4 is 9.47 Å². The molecule has 0 aliphatic carbocycles. The number of hydrogen-bond donors (Lipinski definition) is 0. The maximum atomic E-state index is 12.3. The molecule has 1 aromatic carbocycles. The number of halogens is 1. The van der Waals surface area contributed by atoms with Gasteiger partial charge in [-0.15, -0.1) is 0 Å². The van der Waals surface area contributed by atoms with E-state index >= 15 is 0 Å². The lowest BCUT2D eigenvalue weighted by Crippen LogP contribution is -2.08. The zero-order chi connectivity index (χ0) is 13.3. The van der Waals surface area contributed by atoms with Gasteiger partial charge in [0.1, 0.15) is 11.5 Å². The van der Waals surface area contributed by atoms with Gasteiger partial charge in [-0.1, -0.05) is 6.92 Å². The highest BCUT2D eigenvalue weighted by molar-refractivity contribution is 9.10. The largest absolute Gasteiger partial charge is 0.496 e. The third-order valence-corrected chi connectivity index (χ3v) is 4.77. The van der Waals surface area contributed by atoms with Gasteiger partial charge >= 0.3 is 0 Å². The normalized spacial score (nSPS) is 19.1. The molecule has 1 heterocycles. The number of carbonyl (C=O) groups is 1. The molecule has 0 amide bonds. The van der Waals surface area contributed by atoms with Crippen molar-refractivity contribution in [1.29, 1.82) is 0 Å². The second kappa shape index (κ2) is 5.53. The number of methoxy groups -OCH3 is 2. The molecule has 0 bridgehead atoms. The van der Waals surface area contributed by atoms with E-state index in [-0.39, 0.29) is 5.78 Å². The second-order valence-electron chi connectivity index (χ2n) is 4.20. The summed E-state index contributed by atoms with van der Waals surface area (Å²) in [6.07, 6.45) is 0.535. The number of carbonyl (C=O) groups excluding carboxylic acids is 1. The molecule has 2 rings (SSSR count). The molecule has 1 atom stereocenters. The van der Waals surface area contributed by atoms with Crippen molar-refractivity contribution in [3.05, 3.63) is 21.7 Å². The van der Waals surface area contributed by atoms with Gasteiger partial charge in [0, 0.05) is 23.0 Å². The zero-order valence-electron chi connectivity index (χ0n) is 10.6. The van der Waals surface area contributed by atoms with Gasteiger partial charge in [0.15, 0.2) is 5.78 Å². The summed E-state index contributed by atoms with van der Waals surface area (Å²) in [4.78, 5) is 12.3. The highest BCUT2D eigenvalue weighted by atomic mass is 79.9. The van der Waals surface area contributed by atoms with Crippen LogP contribution in [-0.4, -0.2) is 25.3 Å². The van der Waals surface area contributed by atoms with E-state index < -0.39 is 0 Å². The van der Waals surface area contributed by atoms with Crippen molar-refractivity contribution in [3.63, 3.8) is 0 Å². The number of rotatable bonds is 2. The van der Waals surface area contributed by atoms with E-state index in [1.807, 2.05) is 6.07 Å². The van der Waals surface area contributed by atoms with E-state index in [1.165, 1.54) is 0 Å². The average molecular weight is 331 g/mol. The zero-order valence-corrected chi connectivity index (χ0v) is 13.0. The van der Waals surface area contributed by atoms with Crippen LogP contribution in [0.4, 0.5) is 0 Å². The van der Waals surface area contributed by atoms with Gasteiger partial charge < -0.3 is 9.47 Å². The van der Waals surface area contributed by atoms with Crippen molar-refractivity contribution >= 4 is 33.5 Å². The smallest absolute Gasteiger partial charge is 0.168 e. The molecule has 0 saturated heterocycles. The van der Waals surface area contributed by atoms with Gasteiger partial charge in [-0.2, -0.15) is 11.8 Å². The maximum absolute atomic E-state index is 12.3. The van der Waals surface area contributed by atoms with Crippen LogP contribution in [0.1, 0.15) is 29.3 Å². The maximum Gasteiger partial charge on any atom is 0.168 e. The lowest BCUT2D eigenvalue weighted by Gasteiger charge is -2.15. The number of hydrogen-bond acceptors (Lipinski definition) is 4. The number of ketones is 1. The number of fused-ring (bicyclic) bond motifs is 1. The first-order valence-electron chi connectivity index (χ1n) is 5.66. The van der Waals surface area contributed by atoms with E-state index in [0.29, 0.717) is 23.0 Å². The molecule has 1 aliphatic heterocycles. The highest BCUT2D eigenvalue weighted by Crippen LogP contribution is 2.42. The van der Waals surface area contributed by atoms with Crippen LogP contribution in [-0.2, 0) is 5.75 Å². The summed E-state index contributed by atoms with van der Waals surface area (Å²) in [5.41, 5.74) is 1.61. The first-order valence-corrected chi connectivity index (χ1v) is 7.50. The minimum Gasteiger partial charge on any atom is -0.496 e. The van der Waals surface area contributed by atoms with Crippen LogP contribution in [0.15, 0.2) is 10.5 Å². The Bertz CT molecular complexity index is 488. The Morgan fingerprint density at radius 3 is 2.72 bits per heavy atom. The predicted molar refractivity (Wildman–Crippen MR) is 77.0 cm³/mol. The minimum absolute atomic E-state index is 0.124. The molecule has 18 heavy (non-hydrogen) atoms. The van der Waals surface area contributed by atoms with Gasteiger partial charge in [0.25, 0.3) is 0 Å². The molecule has 0 spiro atoms. The summed E-state index contributed by atoms with van der Waals surface area (Å²) in [7, 11) is 3.21.